The molecule has 3 aromatic rings. The number of nitrogens with zero attached hydrogens (tertiary/aromatic N) is 2. The molecule has 1 amide bonds. The van der Waals surface area contributed by atoms with E-state index in [2.05, 4.69) is 10.3 Å². The predicted molar refractivity (Wildman–Crippen MR) is 85.7 cm³/mol. The summed E-state index contributed by atoms with van der Waals surface area (Å²) in [5.41, 5.74) is 2.24. The van der Waals surface area contributed by atoms with Gasteiger partial charge in [0.25, 0.3) is 0 Å². The van der Waals surface area contributed by atoms with E-state index in [0.717, 1.165) is 11.0 Å². The fourth-order valence-corrected chi connectivity index (χ4v) is 2.43. The van der Waals surface area contributed by atoms with E-state index < -0.39 is 0 Å². The average Bonchev–Trinajstić information content (AvgIpc) is 2.87. The Morgan fingerprint density at radius 1 is 1.18 bits per heavy atom. The first-order valence-electron chi connectivity index (χ1n) is 6.78. The van der Waals surface area contributed by atoms with Crippen molar-refractivity contribution < 1.29 is 9.90 Å². The van der Waals surface area contributed by atoms with Gasteiger partial charge in [0, 0.05) is 10.7 Å². The van der Waals surface area contributed by atoms with E-state index in [1.165, 1.54) is 0 Å². The van der Waals surface area contributed by atoms with Gasteiger partial charge in [-0.05, 0) is 36.4 Å². The Balaban J connectivity index is 1.83. The van der Waals surface area contributed by atoms with Crippen LogP contribution in [0.3, 0.4) is 0 Å². The minimum Gasteiger partial charge on any atom is -0.388 e. The second kappa shape index (κ2) is 6.17. The van der Waals surface area contributed by atoms with Crippen molar-refractivity contribution in [2.45, 2.75) is 13.2 Å². The van der Waals surface area contributed by atoms with Crippen LogP contribution in [0.25, 0.3) is 11.0 Å². The number of aliphatic hydroxyl groups excluding tert-OH is 1. The molecule has 0 saturated heterocycles. The number of anilines is 1. The number of para-hydroxylation sites is 2. The van der Waals surface area contributed by atoms with Gasteiger partial charge in [-0.2, -0.15) is 0 Å². The van der Waals surface area contributed by atoms with Crippen molar-refractivity contribution in [2.75, 3.05) is 5.32 Å². The van der Waals surface area contributed by atoms with Crippen LogP contribution in [0.4, 0.5) is 5.69 Å². The van der Waals surface area contributed by atoms with Gasteiger partial charge in [-0.25, -0.2) is 4.98 Å². The molecule has 0 radical (unpaired) electrons. The molecule has 0 aliphatic rings. The Hall–Kier alpha value is -2.37. The van der Waals surface area contributed by atoms with E-state index in [9.17, 15) is 9.90 Å². The summed E-state index contributed by atoms with van der Waals surface area (Å²) in [5.74, 6) is 0.271. The highest BCUT2D eigenvalue weighted by molar-refractivity contribution is 6.30. The second-order valence-corrected chi connectivity index (χ2v) is 5.25. The monoisotopic (exact) mass is 315 g/mol. The molecule has 112 valence electrons. The highest BCUT2D eigenvalue weighted by atomic mass is 35.5. The molecular formula is C16H14ClN3O2. The second-order valence-electron chi connectivity index (χ2n) is 4.82. The lowest BCUT2D eigenvalue weighted by Crippen LogP contribution is -2.20. The Bertz CT molecular complexity index is 812. The third-order valence-electron chi connectivity index (χ3n) is 3.30. The Labute approximate surface area is 132 Å². The van der Waals surface area contributed by atoms with Crippen molar-refractivity contribution >= 4 is 34.2 Å². The number of imidazole rings is 1. The number of fused-ring (bicyclic) bond motifs is 1. The summed E-state index contributed by atoms with van der Waals surface area (Å²) in [6.07, 6.45) is 0. The molecular weight excluding hydrogens is 302 g/mol. The highest BCUT2D eigenvalue weighted by Crippen LogP contribution is 2.17. The van der Waals surface area contributed by atoms with Gasteiger partial charge in [0.2, 0.25) is 5.91 Å². The standard InChI is InChI=1S/C16H14ClN3O2/c17-11-5-7-12(8-6-11)18-16(22)9-20-14-4-2-1-3-13(14)19-15(20)10-21/h1-8,21H,9-10H2,(H,18,22). The summed E-state index contributed by atoms with van der Waals surface area (Å²) >= 11 is 5.82. The summed E-state index contributed by atoms with van der Waals surface area (Å²) in [5, 5.41) is 12.8. The van der Waals surface area contributed by atoms with Gasteiger partial charge >= 0.3 is 0 Å². The van der Waals surface area contributed by atoms with Gasteiger partial charge in [-0.1, -0.05) is 23.7 Å². The number of rotatable bonds is 4. The summed E-state index contributed by atoms with van der Waals surface area (Å²) in [6.45, 7) is -0.137. The van der Waals surface area contributed by atoms with Gasteiger partial charge in [0.05, 0.1) is 11.0 Å². The highest BCUT2D eigenvalue weighted by Gasteiger charge is 2.12. The third-order valence-corrected chi connectivity index (χ3v) is 3.56. The lowest BCUT2D eigenvalue weighted by molar-refractivity contribution is -0.116. The zero-order valence-electron chi connectivity index (χ0n) is 11.7. The quantitative estimate of drug-likeness (QED) is 0.778. The number of aromatic nitrogens is 2. The van der Waals surface area contributed by atoms with E-state index in [0.29, 0.717) is 16.5 Å². The van der Waals surface area contributed by atoms with Crippen molar-refractivity contribution in [3.05, 3.63) is 59.4 Å². The van der Waals surface area contributed by atoms with Crippen LogP contribution in [0.15, 0.2) is 48.5 Å². The summed E-state index contributed by atoms with van der Waals surface area (Å²) in [6, 6.07) is 14.4. The maximum Gasteiger partial charge on any atom is 0.244 e. The average molecular weight is 316 g/mol. The molecule has 2 N–H and O–H groups in total. The van der Waals surface area contributed by atoms with Gasteiger partial charge in [-0.3, -0.25) is 4.79 Å². The molecule has 0 aliphatic carbocycles. The maximum atomic E-state index is 12.2. The molecule has 0 fully saturated rings. The molecule has 5 nitrogen and oxygen atoms in total. The molecule has 1 aromatic heterocycles. The molecule has 2 aromatic carbocycles. The van der Waals surface area contributed by atoms with Gasteiger partial charge < -0.3 is 15.0 Å². The zero-order valence-corrected chi connectivity index (χ0v) is 12.4. The molecule has 0 atom stereocenters. The number of nitrogens with one attached hydrogen (secondary N) is 1. The Kier molecular flexibility index (Phi) is 4.09. The largest absolute Gasteiger partial charge is 0.388 e. The summed E-state index contributed by atoms with van der Waals surface area (Å²) < 4.78 is 1.71. The minimum absolute atomic E-state index is 0.0824. The minimum atomic E-state index is -0.219. The predicted octanol–water partition coefficient (Wildman–Crippen LogP) is 2.82. The number of benzene rings is 2. The van der Waals surface area contributed by atoms with E-state index >= 15 is 0 Å². The maximum absolute atomic E-state index is 12.2. The molecule has 6 heteroatoms. The van der Waals surface area contributed by atoms with Crippen molar-refractivity contribution in [2.24, 2.45) is 0 Å². The Morgan fingerprint density at radius 2 is 1.91 bits per heavy atom. The van der Waals surface area contributed by atoms with Crippen LogP contribution in [-0.2, 0) is 17.9 Å². The van der Waals surface area contributed by atoms with Crippen LogP contribution >= 0.6 is 11.6 Å². The van der Waals surface area contributed by atoms with E-state index in [1.54, 1.807) is 28.8 Å². The van der Waals surface area contributed by atoms with E-state index in [4.69, 9.17) is 11.6 Å². The first kappa shape index (κ1) is 14.6. The smallest absolute Gasteiger partial charge is 0.244 e. The summed E-state index contributed by atoms with van der Waals surface area (Å²) in [7, 11) is 0. The number of halogens is 1. The number of aliphatic hydroxyl groups is 1. The van der Waals surface area contributed by atoms with Crippen LogP contribution in [0, 0.1) is 0 Å². The van der Waals surface area contributed by atoms with Crippen molar-refractivity contribution in [1.82, 2.24) is 9.55 Å². The van der Waals surface area contributed by atoms with Crippen molar-refractivity contribution in [3.8, 4) is 0 Å². The number of carbonyl (C=O) groups excluding carboxylic acids is 1. The van der Waals surface area contributed by atoms with Gasteiger partial charge in [0.1, 0.15) is 19.0 Å². The normalized spacial score (nSPS) is 10.8. The fraction of sp³-hybridized carbons (Fsp3) is 0.125. The van der Waals surface area contributed by atoms with Crippen LogP contribution in [0.2, 0.25) is 5.02 Å². The topological polar surface area (TPSA) is 67.2 Å². The number of hydrogen-bond acceptors (Lipinski definition) is 3. The number of carbonyl (C=O) groups is 1. The lowest BCUT2D eigenvalue weighted by Gasteiger charge is -2.09. The molecule has 3 rings (SSSR count). The van der Waals surface area contributed by atoms with E-state index in [-0.39, 0.29) is 19.1 Å². The summed E-state index contributed by atoms with van der Waals surface area (Å²) in [4.78, 5) is 16.5. The van der Waals surface area contributed by atoms with Crippen molar-refractivity contribution in [3.63, 3.8) is 0 Å². The zero-order chi connectivity index (χ0) is 15.5. The number of hydrogen-bond donors (Lipinski definition) is 2. The van der Waals surface area contributed by atoms with Crippen LogP contribution in [-0.4, -0.2) is 20.6 Å². The van der Waals surface area contributed by atoms with Crippen molar-refractivity contribution in [1.29, 1.82) is 0 Å². The molecule has 0 saturated carbocycles. The van der Waals surface area contributed by atoms with Gasteiger partial charge in [-0.15, -0.1) is 0 Å². The SMILES string of the molecule is O=C(Cn1c(CO)nc2ccccc21)Nc1ccc(Cl)cc1. The molecule has 0 aliphatic heterocycles. The molecule has 0 unspecified atom stereocenters. The third kappa shape index (κ3) is 2.95. The molecule has 0 bridgehead atoms. The van der Waals surface area contributed by atoms with Crippen LogP contribution in [0.1, 0.15) is 5.82 Å². The molecule has 1 heterocycles. The first-order valence-corrected chi connectivity index (χ1v) is 7.15. The van der Waals surface area contributed by atoms with Gasteiger partial charge in [0.15, 0.2) is 0 Å². The fourth-order valence-electron chi connectivity index (χ4n) is 2.30. The Morgan fingerprint density at radius 3 is 2.64 bits per heavy atom. The first-order chi connectivity index (χ1) is 10.7. The van der Waals surface area contributed by atoms with Crippen LogP contribution < -0.4 is 5.32 Å². The van der Waals surface area contributed by atoms with Crippen LogP contribution in [0.5, 0.6) is 0 Å². The lowest BCUT2D eigenvalue weighted by atomic mass is 10.3. The number of amides is 1. The van der Waals surface area contributed by atoms with E-state index in [1.807, 2.05) is 24.3 Å². The molecule has 22 heavy (non-hydrogen) atoms. The molecule has 0 spiro atoms.